The Morgan fingerprint density at radius 3 is 1.35 bits per heavy atom. The average molecular weight is 671 g/mol. The lowest BCUT2D eigenvalue weighted by Gasteiger charge is -2.15. The molecule has 0 aromatic heterocycles. The second-order valence-electron chi connectivity index (χ2n) is 13.0. The van der Waals surface area contributed by atoms with Crippen molar-refractivity contribution in [2.75, 3.05) is 13.2 Å². The van der Waals surface area contributed by atoms with Crippen LogP contribution in [-0.2, 0) is 19.1 Å². The van der Waals surface area contributed by atoms with Gasteiger partial charge in [-0.2, -0.15) is 0 Å². The van der Waals surface area contributed by atoms with E-state index in [2.05, 4.69) is 74.6 Å². The predicted octanol–water partition coefficient (Wildman–Crippen LogP) is 12.4. The molecule has 0 bridgehead atoms. The molecule has 0 aliphatic carbocycles. The number of carbonyl (C=O) groups is 2. The van der Waals surface area contributed by atoms with Crippen LogP contribution in [0.3, 0.4) is 0 Å². The first-order chi connectivity index (χ1) is 23.6. The van der Waals surface area contributed by atoms with E-state index in [0.717, 1.165) is 77.0 Å². The van der Waals surface area contributed by atoms with Crippen molar-refractivity contribution in [3.63, 3.8) is 0 Å². The van der Waals surface area contributed by atoms with Crippen molar-refractivity contribution in [1.29, 1.82) is 0 Å². The smallest absolute Gasteiger partial charge is 0.306 e. The van der Waals surface area contributed by atoms with E-state index in [-0.39, 0.29) is 25.2 Å². The molecule has 48 heavy (non-hydrogen) atoms. The van der Waals surface area contributed by atoms with Gasteiger partial charge >= 0.3 is 11.9 Å². The Morgan fingerprint density at radius 2 is 0.896 bits per heavy atom. The van der Waals surface area contributed by atoms with Crippen LogP contribution >= 0.6 is 0 Å². The molecule has 1 N–H and O–H groups in total. The summed E-state index contributed by atoms with van der Waals surface area (Å²) < 4.78 is 10.6. The molecule has 0 aromatic rings. The van der Waals surface area contributed by atoms with Crippen LogP contribution in [0.25, 0.3) is 0 Å². The second kappa shape index (κ2) is 39.0. The molecule has 276 valence electrons. The summed E-state index contributed by atoms with van der Waals surface area (Å²) in [6.07, 6.45) is 49.9. The summed E-state index contributed by atoms with van der Waals surface area (Å²) in [7, 11) is 0. The van der Waals surface area contributed by atoms with Crippen molar-refractivity contribution in [2.24, 2.45) is 0 Å². The van der Waals surface area contributed by atoms with Gasteiger partial charge in [-0.25, -0.2) is 0 Å². The number of aliphatic hydroxyl groups excluding tert-OH is 1. The van der Waals surface area contributed by atoms with Gasteiger partial charge < -0.3 is 14.6 Å². The van der Waals surface area contributed by atoms with Crippen LogP contribution in [0.4, 0.5) is 0 Å². The first-order valence-corrected chi connectivity index (χ1v) is 19.8. The minimum absolute atomic E-state index is 0.0834. The van der Waals surface area contributed by atoms with Gasteiger partial charge in [0.15, 0.2) is 6.10 Å². The highest BCUT2D eigenvalue weighted by Gasteiger charge is 2.16. The molecule has 0 unspecified atom stereocenters. The van der Waals surface area contributed by atoms with E-state index < -0.39 is 6.10 Å². The SMILES string of the molecule is CC/C=C\C/C=C\C/C=C\C/C=C\C/C=C\CCCCCC(=O)OC[C@H](CO)OC(=O)CCCCCCCCCCCCCCCCC. The molecule has 0 aliphatic heterocycles. The summed E-state index contributed by atoms with van der Waals surface area (Å²) in [5.74, 6) is -0.628. The van der Waals surface area contributed by atoms with Crippen LogP contribution in [0.2, 0.25) is 0 Å². The zero-order chi connectivity index (χ0) is 35.0. The summed E-state index contributed by atoms with van der Waals surface area (Å²) in [6, 6.07) is 0. The molecule has 0 radical (unpaired) electrons. The molecule has 0 aromatic carbocycles. The molecule has 1 atom stereocenters. The van der Waals surface area contributed by atoms with Crippen molar-refractivity contribution in [3.8, 4) is 0 Å². The molecule has 0 heterocycles. The molecule has 0 spiro atoms. The van der Waals surface area contributed by atoms with E-state index in [1.807, 2.05) is 0 Å². The number of hydrogen-bond donors (Lipinski definition) is 1. The quantitative estimate of drug-likeness (QED) is 0.0413. The van der Waals surface area contributed by atoms with Gasteiger partial charge in [0, 0.05) is 12.8 Å². The number of hydrogen-bond acceptors (Lipinski definition) is 5. The van der Waals surface area contributed by atoms with Gasteiger partial charge in [0.25, 0.3) is 0 Å². The minimum Gasteiger partial charge on any atom is -0.462 e. The summed E-state index contributed by atoms with van der Waals surface area (Å²) in [5.41, 5.74) is 0. The molecular weight excluding hydrogens is 596 g/mol. The Labute approximate surface area is 296 Å². The van der Waals surface area contributed by atoms with Crippen molar-refractivity contribution in [1.82, 2.24) is 0 Å². The summed E-state index contributed by atoms with van der Waals surface area (Å²) in [5, 5.41) is 9.55. The fourth-order valence-electron chi connectivity index (χ4n) is 5.34. The fourth-order valence-corrected chi connectivity index (χ4v) is 5.34. The largest absolute Gasteiger partial charge is 0.462 e. The Morgan fingerprint density at radius 1 is 0.500 bits per heavy atom. The molecular formula is C43H74O5. The van der Waals surface area contributed by atoms with Crippen molar-refractivity contribution in [2.45, 2.75) is 187 Å². The van der Waals surface area contributed by atoms with Gasteiger partial charge in [0.1, 0.15) is 6.61 Å². The molecule has 0 rings (SSSR count). The molecule has 0 amide bonds. The topological polar surface area (TPSA) is 72.8 Å². The number of aliphatic hydroxyl groups is 1. The van der Waals surface area contributed by atoms with Gasteiger partial charge in [-0.1, -0.05) is 171 Å². The van der Waals surface area contributed by atoms with Gasteiger partial charge in [0.05, 0.1) is 6.61 Å². The van der Waals surface area contributed by atoms with E-state index >= 15 is 0 Å². The van der Waals surface area contributed by atoms with Crippen molar-refractivity contribution >= 4 is 11.9 Å². The summed E-state index contributed by atoms with van der Waals surface area (Å²) in [6.45, 7) is 3.99. The zero-order valence-corrected chi connectivity index (χ0v) is 31.2. The molecule has 0 aliphatic rings. The van der Waals surface area contributed by atoms with Gasteiger partial charge in [-0.05, 0) is 57.8 Å². The number of carbonyl (C=O) groups excluding carboxylic acids is 2. The fraction of sp³-hybridized carbons (Fsp3) is 0.721. The van der Waals surface area contributed by atoms with E-state index in [4.69, 9.17) is 9.47 Å². The van der Waals surface area contributed by atoms with Gasteiger partial charge in [-0.3, -0.25) is 9.59 Å². The van der Waals surface area contributed by atoms with Gasteiger partial charge in [0.2, 0.25) is 0 Å². The van der Waals surface area contributed by atoms with Crippen LogP contribution in [0.15, 0.2) is 60.8 Å². The third kappa shape index (κ3) is 36.4. The number of ether oxygens (including phenoxy) is 2. The van der Waals surface area contributed by atoms with Gasteiger partial charge in [-0.15, -0.1) is 0 Å². The van der Waals surface area contributed by atoms with E-state index in [0.29, 0.717) is 12.8 Å². The lowest BCUT2D eigenvalue weighted by molar-refractivity contribution is -0.161. The monoisotopic (exact) mass is 671 g/mol. The van der Waals surface area contributed by atoms with Crippen LogP contribution < -0.4 is 0 Å². The Bertz CT molecular complexity index is 853. The highest BCUT2D eigenvalue weighted by atomic mass is 16.6. The van der Waals surface area contributed by atoms with Crippen molar-refractivity contribution in [3.05, 3.63) is 60.8 Å². The van der Waals surface area contributed by atoms with Crippen LogP contribution in [0.1, 0.15) is 181 Å². The highest BCUT2D eigenvalue weighted by molar-refractivity contribution is 5.70. The normalized spacial score (nSPS) is 12.8. The van der Waals surface area contributed by atoms with E-state index in [1.165, 1.54) is 77.0 Å². The molecule has 0 saturated heterocycles. The maximum Gasteiger partial charge on any atom is 0.306 e. The number of rotatable bonds is 35. The predicted molar refractivity (Wildman–Crippen MR) is 205 cm³/mol. The third-order valence-electron chi connectivity index (χ3n) is 8.33. The summed E-state index contributed by atoms with van der Waals surface area (Å²) in [4.78, 5) is 24.2. The van der Waals surface area contributed by atoms with Crippen LogP contribution in [0.5, 0.6) is 0 Å². The third-order valence-corrected chi connectivity index (χ3v) is 8.33. The first kappa shape index (κ1) is 45.6. The molecule has 0 fully saturated rings. The maximum atomic E-state index is 12.2. The maximum absolute atomic E-state index is 12.2. The Kier molecular flexibility index (Phi) is 37.1. The molecule has 0 saturated carbocycles. The van der Waals surface area contributed by atoms with Crippen LogP contribution in [-0.4, -0.2) is 36.4 Å². The minimum atomic E-state index is -0.784. The number of allylic oxidation sites excluding steroid dienone is 10. The number of unbranched alkanes of at least 4 members (excludes halogenated alkanes) is 17. The standard InChI is InChI=1S/C43H74O5/c1-3-5-7-9-11-13-15-17-19-20-21-22-24-25-27-29-31-33-35-37-42(45)47-40-41(39-44)48-43(46)38-36-34-32-30-28-26-23-18-16-14-12-10-8-6-4-2/h5,7,11,13,17,19,21-22,25,27,41,44H,3-4,6,8-10,12,14-16,18,20,23-24,26,28-40H2,1-2H3/b7-5-,13-11-,19-17-,22-21-,27-25-/t41-/m0/s1. The Hall–Kier alpha value is -2.40. The van der Waals surface area contributed by atoms with Crippen molar-refractivity contribution < 1.29 is 24.2 Å². The lowest BCUT2D eigenvalue weighted by atomic mass is 10.0. The first-order valence-electron chi connectivity index (χ1n) is 19.8. The average Bonchev–Trinajstić information content (AvgIpc) is 3.09. The Balaban J connectivity index is 3.63. The second-order valence-corrected chi connectivity index (χ2v) is 13.0. The van der Waals surface area contributed by atoms with Crippen LogP contribution in [0, 0.1) is 0 Å². The number of esters is 2. The lowest BCUT2D eigenvalue weighted by Crippen LogP contribution is -2.28. The molecule has 5 heteroatoms. The zero-order valence-electron chi connectivity index (χ0n) is 31.2. The van der Waals surface area contributed by atoms with E-state index in [9.17, 15) is 14.7 Å². The summed E-state index contributed by atoms with van der Waals surface area (Å²) >= 11 is 0. The molecule has 5 nitrogen and oxygen atoms in total. The highest BCUT2D eigenvalue weighted by Crippen LogP contribution is 2.14. The van der Waals surface area contributed by atoms with E-state index in [1.54, 1.807) is 0 Å².